The van der Waals surface area contributed by atoms with Gasteiger partial charge in [-0.05, 0) is 84.5 Å². The number of aromatic carboxylic acids is 1. The second-order valence-corrected chi connectivity index (χ2v) is 10.6. The molecule has 0 unspecified atom stereocenters. The number of carboxylic acid groups (broad SMARTS) is 1. The van der Waals surface area contributed by atoms with E-state index in [2.05, 4.69) is 5.32 Å². The molecule has 0 aliphatic heterocycles. The molecule has 1 aliphatic rings. The van der Waals surface area contributed by atoms with E-state index in [1.54, 1.807) is 30.3 Å². The van der Waals surface area contributed by atoms with Crippen LogP contribution in [0.2, 0.25) is 5.02 Å². The summed E-state index contributed by atoms with van der Waals surface area (Å²) in [6.45, 7) is 0.369. The first-order chi connectivity index (χ1) is 15.7. The molecule has 0 saturated carbocycles. The number of sulfone groups is 1. The molecular weight excluding hydrogens is 497 g/mol. The molecule has 180 valence electrons. The van der Waals surface area contributed by atoms with Gasteiger partial charge in [0.05, 0.1) is 21.5 Å². The van der Waals surface area contributed by atoms with E-state index in [9.17, 15) is 18.3 Å². The van der Waals surface area contributed by atoms with Gasteiger partial charge in [-0.25, -0.2) is 13.2 Å². The summed E-state index contributed by atoms with van der Waals surface area (Å²) in [5, 5.41) is 23.5. The summed E-state index contributed by atoms with van der Waals surface area (Å²) in [6.07, 6.45) is 1.66. The number of aryl methyl sites for hydroxylation is 1. The highest BCUT2D eigenvalue weighted by Crippen LogP contribution is 2.28. The predicted molar refractivity (Wildman–Crippen MR) is 133 cm³/mol. The van der Waals surface area contributed by atoms with Gasteiger partial charge in [0.25, 0.3) is 0 Å². The van der Waals surface area contributed by atoms with Crippen LogP contribution in [0.15, 0.2) is 76.5 Å². The number of rotatable bonds is 7. The second kappa shape index (κ2) is 10.9. The summed E-state index contributed by atoms with van der Waals surface area (Å²) in [5.41, 5.74) is 2.85. The summed E-state index contributed by atoms with van der Waals surface area (Å²) in [5.74, 6) is -1.10. The van der Waals surface area contributed by atoms with Crippen LogP contribution >= 0.6 is 24.0 Å². The molecule has 0 radical (unpaired) electrons. The van der Waals surface area contributed by atoms with Crippen LogP contribution in [0.25, 0.3) is 0 Å². The van der Waals surface area contributed by atoms with E-state index in [-0.39, 0.29) is 33.8 Å². The smallest absolute Gasteiger partial charge is 0.335 e. The highest BCUT2D eigenvalue weighted by atomic mass is 35.5. The van der Waals surface area contributed by atoms with Crippen LogP contribution in [0.3, 0.4) is 0 Å². The van der Waals surface area contributed by atoms with Crippen molar-refractivity contribution in [1.82, 2.24) is 5.32 Å². The molecule has 0 aromatic heterocycles. The van der Waals surface area contributed by atoms with Crippen molar-refractivity contribution in [3.05, 3.63) is 94.0 Å². The predicted octanol–water partition coefficient (Wildman–Crippen LogP) is 4.47. The van der Waals surface area contributed by atoms with E-state index in [0.29, 0.717) is 18.0 Å². The first kappa shape index (κ1) is 26.2. The molecule has 9 heteroatoms. The third-order valence-corrected chi connectivity index (χ3v) is 7.96. The monoisotopic (exact) mass is 521 g/mol. The van der Waals surface area contributed by atoms with Crippen molar-refractivity contribution < 1.29 is 23.4 Å². The van der Waals surface area contributed by atoms with Gasteiger partial charge in [0.1, 0.15) is 0 Å². The largest absolute Gasteiger partial charge is 0.478 e. The van der Waals surface area contributed by atoms with Gasteiger partial charge in [-0.3, -0.25) is 0 Å². The summed E-state index contributed by atoms with van der Waals surface area (Å²) < 4.78 is 26.1. The SMILES string of the molecule is Cl.O=C(O)c1ccc(S(=O)(=O)c2ccc3c(c2)C[C@@H](NC[C@H](O)c2cccc(Cl)c2)CC3)cc1. The number of nitrogens with one attached hydrogen (secondary N) is 1. The van der Waals surface area contributed by atoms with Gasteiger partial charge in [0, 0.05) is 17.6 Å². The lowest BCUT2D eigenvalue weighted by Gasteiger charge is -2.27. The van der Waals surface area contributed by atoms with Crippen molar-refractivity contribution in [2.75, 3.05) is 6.54 Å². The minimum absolute atomic E-state index is 0. The quantitative estimate of drug-likeness (QED) is 0.423. The Morgan fingerprint density at radius 2 is 1.74 bits per heavy atom. The number of aliphatic hydroxyl groups is 1. The number of benzene rings is 3. The Balaban J connectivity index is 0.00000324. The van der Waals surface area contributed by atoms with Gasteiger partial charge in [0.2, 0.25) is 9.84 Å². The fraction of sp³-hybridized carbons (Fsp3) is 0.240. The summed E-state index contributed by atoms with van der Waals surface area (Å²) in [6, 6.07) is 17.6. The molecule has 0 spiro atoms. The van der Waals surface area contributed by atoms with E-state index in [0.717, 1.165) is 29.5 Å². The van der Waals surface area contributed by atoms with Gasteiger partial charge in [-0.15, -0.1) is 12.4 Å². The van der Waals surface area contributed by atoms with Crippen molar-refractivity contribution in [2.24, 2.45) is 0 Å². The molecule has 3 aromatic carbocycles. The molecule has 0 heterocycles. The Hall–Kier alpha value is -2.42. The van der Waals surface area contributed by atoms with Gasteiger partial charge in [-0.2, -0.15) is 0 Å². The summed E-state index contributed by atoms with van der Waals surface area (Å²) in [7, 11) is -3.76. The molecule has 0 amide bonds. The van der Waals surface area contributed by atoms with Crippen LogP contribution in [-0.2, 0) is 22.7 Å². The fourth-order valence-corrected chi connectivity index (χ4v) is 5.61. The third kappa shape index (κ3) is 5.79. The standard InChI is InChI=1S/C25H24ClNO5S.ClH/c26-20-3-1-2-18(12-20)24(28)15-27-21-8-4-16-5-11-23(14-19(16)13-21)33(31,32)22-9-6-17(7-10-22)25(29)30;/h1-3,5-7,9-12,14,21,24,27-28H,4,8,13,15H2,(H,29,30);1H/t21-,24-;/m0./s1. The molecule has 4 rings (SSSR count). The minimum atomic E-state index is -3.76. The van der Waals surface area contributed by atoms with Crippen LogP contribution in [-0.4, -0.2) is 37.2 Å². The third-order valence-electron chi connectivity index (χ3n) is 5.96. The molecule has 2 atom stereocenters. The van der Waals surface area contributed by atoms with Crippen molar-refractivity contribution in [3.8, 4) is 0 Å². The molecule has 6 nitrogen and oxygen atoms in total. The topological polar surface area (TPSA) is 104 Å². The highest BCUT2D eigenvalue weighted by molar-refractivity contribution is 7.91. The van der Waals surface area contributed by atoms with Gasteiger partial charge < -0.3 is 15.5 Å². The normalized spacial score (nSPS) is 16.2. The Morgan fingerprint density at radius 3 is 2.41 bits per heavy atom. The average molecular weight is 522 g/mol. The molecule has 0 saturated heterocycles. The van der Waals surface area contributed by atoms with Crippen molar-refractivity contribution in [1.29, 1.82) is 0 Å². The van der Waals surface area contributed by atoms with Crippen LogP contribution in [0.1, 0.15) is 39.6 Å². The highest BCUT2D eigenvalue weighted by Gasteiger charge is 2.24. The first-order valence-corrected chi connectivity index (χ1v) is 12.5. The number of halogens is 2. The number of carbonyl (C=O) groups is 1. The zero-order valence-corrected chi connectivity index (χ0v) is 20.5. The van der Waals surface area contributed by atoms with E-state index in [1.807, 2.05) is 12.1 Å². The minimum Gasteiger partial charge on any atom is -0.478 e. The number of fused-ring (bicyclic) bond motifs is 1. The van der Waals surface area contributed by atoms with Gasteiger partial charge >= 0.3 is 5.97 Å². The molecule has 34 heavy (non-hydrogen) atoms. The van der Waals surface area contributed by atoms with Crippen LogP contribution < -0.4 is 5.32 Å². The lowest BCUT2D eigenvalue weighted by atomic mass is 9.88. The van der Waals surface area contributed by atoms with Crippen molar-refractivity contribution in [3.63, 3.8) is 0 Å². The number of aliphatic hydroxyl groups excluding tert-OH is 1. The second-order valence-electron chi connectivity index (χ2n) is 8.18. The van der Waals surface area contributed by atoms with Gasteiger partial charge in [-0.1, -0.05) is 29.8 Å². The van der Waals surface area contributed by atoms with Crippen LogP contribution in [0, 0.1) is 0 Å². The zero-order valence-electron chi connectivity index (χ0n) is 18.1. The molecular formula is C25H25Cl2NO5S. The summed E-state index contributed by atoms with van der Waals surface area (Å²) in [4.78, 5) is 11.3. The van der Waals surface area contributed by atoms with E-state index in [4.69, 9.17) is 16.7 Å². The Bertz CT molecular complexity index is 1280. The molecule has 0 bridgehead atoms. The number of hydrogen-bond acceptors (Lipinski definition) is 5. The fourth-order valence-electron chi connectivity index (χ4n) is 4.10. The first-order valence-electron chi connectivity index (χ1n) is 10.6. The van der Waals surface area contributed by atoms with Crippen LogP contribution in [0.4, 0.5) is 0 Å². The maximum atomic E-state index is 13.1. The molecule has 3 N–H and O–H groups in total. The molecule has 3 aromatic rings. The zero-order chi connectivity index (χ0) is 23.6. The van der Waals surface area contributed by atoms with E-state index < -0.39 is 21.9 Å². The summed E-state index contributed by atoms with van der Waals surface area (Å²) >= 11 is 6.00. The van der Waals surface area contributed by atoms with Crippen LogP contribution in [0.5, 0.6) is 0 Å². The molecule has 0 fully saturated rings. The maximum absolute atomic E-state index is 13.1. The lowest BCUT2D eigenvalue weighted by Crippen LogP contribution is -2.37. The van der Waals surface area contributed by atoms with Crippen molar-refractivity contribution >= 4 is 39.8 Å². The van der Waals surface area contributed by atoms with Gasteiger partial charge in [0.15, 0.2) is 0 Å². The van der Waals surface area contributed by atoms with Crippen molar-refractivity contribution in [2.45, 2.75) is 41.2 Å². The number of carboxylic acids is 1. The number of hydrogen-bond donors (Lipinski definition) is 3. The van der Waals surface area contributed by atoms with E-state index in [1.165, 1.54) is 24.3 Å². The van der Waals surface area contributed by atoms with E-state index >= 15 is 0 Å². The lowest BCUT2D eigenvalue weighted by molar-refractivity contribution is 0.0696. The Labute approximate surface area is 209 Å². The Morgan fingerprint density at radius 1 is 1.03 bits per heavy atom. The average Bonchev–Trinajstić information content (AvgIpc) is 2.82. The maximum Gasteiger partial charge on any atom is 0.335 e. The Kier molecular flexibility index (Phi) is 8.38. The molecule has 1 aliphatic carbocycles.